The lowest BCUT2D eigenvalue weighted by Gasteiger charge is -2.23. The number of hydrogen-bond donors (Lipinski definition) is 3. The Morgan fingerprint density at radius 1 is 1.29 bits per heavy atom. The Bertz CT molecular complexity index is 570. The lowest BCUT2D eigenvalue weighted by atomic mass is 10.3. The smallest absolute Gasteiger partial charge is 0.243 e. The van der Waals surface area contributed by atoms with Gasteiger partial charge in [-0.15, -0.1) is 0 Å². The van der Waals surface area contributed by atoms with E-state index in [2.05, 4.69) is 30.7 Å². The third kappa shape index (κ3) is 3.42. The average molecular weight is 292 g/mol. The van der Waals surface area contributed by atoms with E-state index in [1.54, 1.807) is 23.3 Å². The molecule has 0 aliphatic carbocycles. The second-order valence-electron chi connectivity index (χ2n) is 4.35. The van der Waals surface area contributed by atoms with Crippen molar-refractivity contribution in [3.8, 4) is 5.95 Å². The van der Waals surface area contributed by atoms with Crippen LogP contribution in [0.15, 0.2) is 18.7 Å². The maximum atomic E-state index is 5.54. The Morgan fingerprint density at radius 3 is 2.90 bits per heavy atom. The predicted octanol–water partition coefficient (Wildman–Crippen LogP) is -0.830. The van der Waals surface area contributed by atoms with Crippen molar-refractivity contribution in [3.05, 3.63) is 18.7 Å². The van der Waals surface area contributed by atoms with E-state index in [4.69, 9.17) is 15.3 Å². The summed E-state index contributed by atoms with van der Waals surface area (Å²) in [6.45, 7) is 2.32. The van der Waals surface area contributed by atoms with E-state index in [1.165, 1.54) is 0 Å². The summed E-state index contributed by atoms with van der Waals surface area (Å²) in [6.07, 6.45) is 4.94. The first-order chi connectivity index (χ1) is 10.3. The second kappa shape index (κ2) is 6.43. The lowest BCUT2D eigenvalue weighted by molar-refractivity contribution is -0.0819. The summed E-state index contributed by atoms with van der Waals surface area (Å²) in [5, 5.41) is 3.09. The molecule has 1 saturated heterocycles. The zero-order valence-corrected chi connectivity index (χ0v) is 11.3. The van der Waals surface area contributed by atoms with Crippen LogP contribution in [0, 0.1) is 0 Å². The number of hydrazine groups is 1. The van der Waals surface area contributed by atoms with Crippen molar-refractivity contribution in [1.29, 1.82) is 0 Å². The minimum atomic E-state index is -0.0264. The van der Waals surface area contributed by atoms with Gasteiger partial charge in [-0.25, -0.2) is 10.8 Å². The Morgan fingerprint density at radius 2 is 2.19 bits per heavy atom. The van der Waals surface area contributed by atoms with Gasteiger partial charge in [-0.1, -0.05) is 0 Å². The van der Waals surface area contributed by atoms with E-state index in [0.29, 0.717) is 38.3 Å². The van der Waals surface area contributed by atoms with Crippen LogP contribution in [0.5, 0.6) is 0 Å². The fourth-order valence-corrected chi connectivity index (χ4v) is 1.86. The molecule has 0 amide bonds. The van der Waals surface area contributed by atoms with Crippen molar-refractivity contribution in [2.24, 2.45) is 5.84 Å². The Labute approximate surface area is 120 Å². The Hall–Kier alpha value is -2.30. The number of nitrogens with two attached hydrogens (primary N) is 1. The number of anilines is 2. The molecule has 10 nitrogen and oxygen atoms in total. The van der Waals surface area contributed by atoms with Crippen LogP contribution in [-0.2, 0) is 9.47 Å². The molecule has 4 N–H and O–H groups in total. The quantitative estimate of drug-likeness (QED) is 0.478. The highest BCUT2D eigenvalue weighted by atomic mass is 16.6. The summed E-state index contributed by atoms with van der Waals surface area (Å²) in [5.74, 6) is 6.46. The molecule has 2 aromatic heterocycles. The molecule has 1 aliphatic rings. The normalized spacial score (nSPS) is 18.4. The molecule has 2 aromatic rings. The van der Waals surface area contributed by atoms with E-state index < -0.39 is 0 Å². The molecular weight excluding hydrogens is 276 g/mol. The summed E-state index contributed by atoms with van der Waals surface area (Å²) >= 11 is 0. The SMILES string of the molecule is NNc1nc(NCC2COCCO2)nc(-n2ccnc2)n1. The van der Waals surface area contributed by atoms with Gasteiger partial charge in [0.1, 0.15) is 6.33 Å². The first kappa shape index (κ1) is 13.7. The summed E-state index contributed by atoms with van der Waals surface area (Å²) in [7, 11) is 0. The van der Waals surface area contributed by atoms with Crippen LogP contribution in [0.3, 0.4) is 0 Å². The molecule has 1 unspecified atom stereocenters. The first-order valence-corrected chi connectivity index (χ1v) is 6.49. The molecule has 1 aliphatic heterocycles. The minimum absolute atomic E-state index is 0.0264. The molecule has 21 heavy (non-hydrogen) atoms. The van der Waals surface area contributed by atoms with Gasteiger partial charge in [0.2, 0.25) is 17.8 Å². The van der Waals surface area contributed by atoms with Crippen LogP contribution in [0.4, 0.5) is 11.9 Å². The molecule has 0 radical (unpaired) electrons. The topological polar surface area (TPSA) is 125 Å². The number of nitrogen functional groups attached to an aromatic ring is 1. The molecule has 0 bridgehead atoms. The van der Waals surface area contributed by atoms with Crippen LogP contribution in [0.1, 0.15) is 0 Å². The summed E-state index contributed by atoms with van der Waals surface area (Å²) < 4.78 is 12.5. The molecule has 1 atom stereocenters. The molecule has 10 heteroatoms. The predicted molar refractivity (Wildman–Crippen MR) is 73.8 cm³/mol. The van der Waals surface area contributed by atoms with Gasteiger partial charge < -0.3 is 14.8 Å². The van der Waals surface area contributed by atoms with E-state index >= 15 is 0 Å². The summed E-state index contributed by atoms with van der Waals surface area (Å²) in [4.78, 5) is 16.6. The summed E-state index contributed by atoms with van der Waals surface area (Å²) in [5.41, 5.74) is 2.42. The molecule has 1 fully saturated rings. The van der Waals surface area contributed by atoms with Crippen LogP contribution in [-0.4, -0.2) is 57.0 Å². The minimum Gasteiger partial charge on any atom is -0.376 e. The van der Waals surface area contributed by atoms with Crippen molar-refractivity contribution >= 4 is 11.9 Å². The van der Waals surface area contributed by atoms with Crippen LogP contribution >= 0.6 is 0 Å². The van der Waals surface area contributed by atoms with Gasteiger partial charge in [0.15, 0.2) is 0 Å². The van der Waals surface area contributed by atoms with Gasteiger partial charge in [-0.05, 0) is 0 Å². The van der Waals surface area contributed by atoms with Crippen molar-refractivity contribution in [2.45, 2.75) is 6.10 Å². The van der Waals surface area contributed by atoms with Gasteiger partial charge >= 0.3 is 0 Å². The zero-order chi connectivity index (χ0) is 14.5. The third-order valence-corrected chi connectivity index (χ3v) is 2.86. The monoisotopic (exact) mass is 292 g/mol. The van der Waals surface area contributed by atoms with Crippen LogP contribution in [0.2, 0.25) is 0 Å². The number of imidazole rings is 1. The van der Waals surface area contributed by atoms with Crippen LogP contribution in [0.25, 0.3) is 5.95 Å². The van der Waals surface area contributed by atoms with Crippen molar-refractivity contribution < 1.29 is 9.47 Å². The highest BCUT2D eigenvalue weighted by Gasteiger charge is 2.15. The molecule has 3 rings (SSSR count). The van der Waals surface area contributed by atoms with Crippen molar-refractivity contribution in [2.75, 3.05) is 37.1 Å². The van der Waals surface area contributed by atoms with E-state index in [9.17, 15) is 0 Å². The average Bonchev–Trinajstić information content (AvgIpc) is 3.08. The fourth-order valence-electron chi connectivity index (χ4n) is 1.86. The Kier molecular flexibility index (Phi) is 4.19. The molecule has 3 heterocycles. The standard InChI is InChI=1S/C11H16N8O2/c12-18-10-15-9(14-5-8-6-20-3-4-21-8)16-11(17-10)19-2-1-13-7-19/h1-2,7-8H,3-6,12H2,(H2,14,15,16,17,18). The van der Waals surface area contributed by atoms with Gasteiger partial charge in [-0.3, -0.25) is 9.99 Å². The molecule has 0 aromatic carbocycles. The zero-order valence-electron chi connectivity index (χ0n) is 11.3. The van der Waals surface area contributed by atoms with Gasteiger partial charge in [0.25, 0.3) is 0 Å². The van der Waals surface area contributed by atoms with Crippen LogP contribution < -0.4 is 16.6 Å². The van der Waals surface area contributed by atoms with E-state index in [-0.39, 0.29) is 12.1 Å². The maximum Gasteiger partial charge on any atom is 0.243 e. The highest BCUT2D eigenvalue weighted by molar-refractivity contribution is 5.37. The Balaban J connectivity index is 1.73. The third-order valence-electron chi connectivity index (χ3n) is 2.86. The lowest BCUT2D eigenvalue weighted by Crippen LogP contribution is -2.34. The van der Waals surface area contributed by atoms with E-state index in [0.717, 1.165) is 0 Å². The number of nitrogens with one attached hydrogen (secondary N) is 2. The number of aromatic nitrogens is 5. The molecule has 0 saturated carbocycles. The molecular formula is C11H16N8O2. The highest BCUT2D eigenvalue weighted by Crippen LogP contribution is 2.09. The summed E-state index contributed by atoms with van der Waals surface area (Å²) in [6, 6.07) is 0. The number of nitrogens with zero attached hydrogens (tertiary/aromatic N) is 5. The molecule has 0 spiro atoms. The van der Waals surface area contributed by atoms with Gasteiger partial charge in [0, 0.05) is 18.9 Å². The second-order valence-corrected chi connectivity index (χ2v) is 4.35. The van der Waals surface area contributed by atoms with Crippen molar-refractivity contribution in [1.82, 2.24) is 24.5 Å². The largest absolute Gasteiger partial charge is 0.376 e. The van der Waals surface area contributed by atoms with Gasteiger partial charge in [0.05, 0.1) is 25.9 Å². The van der Waals surface area contributed by atoms with E-state index in [1.807, 2.05) is 0 Å². The van der Waals surface area contributed by atoms with Crippen molar-refractivity contribution in [3.63, 3.8) is 0 Å². The van der Waals surface area contributed by atoms with Gasteiger partial charge in [-0.2, -0.15) is 15.0 Å². The number of hydrogen-bond acceptors (Lipinski definition) is 9. The fraction of sp³-hybridized carbons (Fsp3) is 0.455. The maximum absolute atomic E-state index is 5.54. The first-order valence-electron chi connectivity index (χ1n) is 6.49. The molecule has 112 valence electrons. The number of rotatable bonds is 5. The number of ether oxygens (including phenoxy) is 2.